The molecule has 0 spiro atoms. The van der Waals surface area contributed by atoms with Crippen molar-refractivity contribution >= 4 is 21.7 Å². The van der Waals surface area contributed by atoms with E-state index in [-0.39, 0.29) is 16.5 Å². The molecule has 1 fully saturated rings. The van der Waals surface area contributed by atoms with E-state index in [1.54, 1.807) is 42.1 Å². The highest BCUT2D eigenvalue weighted by Gasteiger charge is 2.27. The lowest BCUT2D eigenvalue weighted by Gasteiger charge is -2.31. The molecule has 0 atom stereocenters. The lowest BCUT2D eigenvalue weighted by molar-refractivity contribution is 0.222. The Hall–Kier alpha value is -2.89. The first-order valence-corrected chi connectivity index (χ1v) is 11.3. The van der Waals surface area contributed by atoms with Gasteiger partial charge in [-0.25, -0.2) is 27.8 Å². The topological polar surface area (TPSA) is 96.2 Å². The highest BCUT2D eigenvalue weighted by Crippen LogP contribution is 2.24. The van der Waals surface area contributed by atoms with E-state index in [2.05, 4.69) is 25.2 Å². The first-order chi connectivity index (χ1) is 14.8. The van der Waals surface area contributed by atoms with Crippen molar-refractivity contribution < 1.29 is 12.8 Å². The van der Waals surface area contributed by atoms with Gasteiger partial charge in [0, 0.05) is 38.9 Å². The Morgan fingerprint density at radius 2 is 1.68 bits per heavy atom. The number of nitrogens with zero attached hydrogens (tertiary/aromatic N) is 6. The van der Waals surface area contributed by atoms with E-state index in [0.717, 1.165) is 12.0 Å². The van der Waals surface area contributed by atoms with Gasteiger partial charge in [-0.1, -0.05) is 0 Å². The molecule has 9 nitrogen and oxygen atoms in total. The van der Waals surface area contributed by atoms with Crippen LogP contribution in [0.15, 0.2) is 41.6 Å². The van der Waals surface area contributed by atoms with Crippen molar-refractivity contribution in [2.45, 2.75) is 11.8 Å². The zero-order chi connectivity index (χ0) is 22.2. The van der Waals surface area contributed by atoms with E-state index < -0.39 is 15.8 Å². The molecule has 0 bridgehead atoms. The molecule has 1 aliphatic rings. The monoisotopic (exact) mass is 445 g/mol. The smallest absolute Gasteiger partial charge is 0.243 e. The second-order valence-electron chi connectivity index (χ2n) is 7.50. The Kier molecular flexibility index (Phi) is 5.73. The molecular formula is C20H24FN7O2S. The number of sulfonamides is 1. The lowest BCUT2D eigenvalue weighted by atomic mass is 10.3. The minimum atomic E-state index is -3.54. The van der Waals surface area contributed by atoms with Crippen molar-refractivity contribution in [1.29, 1.82) is 0 Å². The Balaban J connectivity index is 1.53. The number of anilines is 2. The van der Waals surface area contributed by atoms with Crippen LogP contribution in [0.5, 0.6) is 0 Å². The maximum absolute atomic E-state index is 14.3. The summed E-state index contributed by atoms with van der Waals surface area (Å²) in [5.41, 5.74) is 1.26. The zero-order valence-electron chi connectivity index (χ0n) is 17.6. The van der Waals surface area contributed by atoms with Crippen LogP contribution in [0.1, 0.15) is 5.82 Å². The van der Waals surface area contributed by atoms with Crippen LogP contribution in [0.3, 0.4) is 0 Å². The zero-order valence-corrected chi connectivity index (χ0v) is 18.4. The first-order valence-electron chi connectivity index (χ1n) is 9.83. The molecule has 31 heavy (non-hydrogen) atoms. The summed E-state index contributed by atoms with van der Waals surface area (Å²) in [5, 5.41) is 3.00. The number of halogens is 1. The average molecular weight is 446 g/mol. The van der Waals surface area contributed by atoms with Crippen LogP contribution in [-0.4, -0.2) is 70.4 Å². The van der Waals surface area contributed by atoms with E-state index in [9.17, 15) is 12.8 Å². The van der Waals surface area contributed by atoms with Crippen molar-refractivity contribution in [3.8, 4) is 11.4 Å². The standard InChI is InChI=1S/C20H24FN7O2S/c1-14-22-13-18(27(14)3)19-17(21)12-23-20(25-19)24-15-4-6-16(7-5-15)31(29,30)28-10-8-26(2)9-11-28/h4-7,12-13H,8-11H2,1-3H3,(H,23,24,25). The number of hydrogen-bond acceptors (Lipinski definition) is 7. The number of hydrogen-bond donors (Lipinski definition) is 1. The fraction of sp³-hybridized carbons (Fsp3) is 0.350. The predicted octanol–water partition coefficient (Wildman–Crippen LogP) is 2.00. The van der Waals surface area contributed by atoms with E-state index in [1.165, 1.54) is 4.31 Å². The second-order valence-corrected chi connectivity index (χ2v) is 9.43. The summed E-state index contributed by atoms with van der Waals surface area (Å²) in [5.74, 6) is 0.381. The fourth-order valence-corrected chi connectivity index (χ4v) is 4.77. The van der Waals surface area contributed by atoms with Gasteiger partial charge in [-0.15, -0.1) is 0 Å². The Morgan fingerprint density at radius 3 is 2.29 bits per heavy atom. The summed E-state index contributed by atoms with van der Waals surface area (Å²) < 4.78 is 43.2. The number of aromatic nitrogens is 4. The van der Waals surface area contributed by atoms with E-state index in [0.29, 0.717) is 37.6 Å². The molecule has 2 aromatic heterocycles. The normalized spacial score (nSPS) is 15.9. The third-order valence-corrected chi connectivity index (χ3v) is 7.33. The van der Waals surface area contributed by atoms with Crippen LogP contribution in [0.4, 0.5) is 16.0 Å². The van der Waals surface area contributed by atoms with Crippen molar-refractivity contribution in [3.05, 3.63) is 48.3 Å². The molecule has 1 N–H and O–H groups in total. The highest BCUT2D eigenvalue weighted by atomic mass is 32.2. The van der Waals surface area contributed by atoms with Gasteiger partial charge in [0.15, 0.2) is 5.82 Å². The number of nitrogens with one attached hydrogen (secondary N) is 1. The molecule has 1 saturated heterocycles. The largest absolute Gasteiger partial charge is 0.330 e. The molecule has 164 valence electrons. The molecule has 0 saturated carbocycles. The number of rotatable bonds is 5. The molecule has 3 aromatic rings. The van der Waals surface area contributed by atoms with E-state index >= 15 is 0 Å². The summed E-state index contributed by atoms with van der Waals surface area (Å²) in [6, 6.07) is 6.38. The molecule has 4 rings (SSSR count). The number of likely N-dealkylation sites (N-methyl/N-ethyl adjacent to an activating group) is 1. The number of piperazine rings is 1. The van der Waals surface area contributed by atoms with Gasteiger partial charge in [-0.05, 0) is 38.2 Å². The molecule has 3 heterocycles. The third-order valence-electron chi connectivity index (χ3n) is 5.42. The maximum Gasteiger partial charge on any atom is 0.243 e. The van der Waals surface area contributed by atoms with Crippen LogP contribution in [0.25, 0.3) is 11.4 Å². The van der Waals surface area contributed by atoms with Gasteiger partial charge in [0.2, 0.25) is 16.0 Å². The van der Waals surface area contributed by atoms with E-state index in [4.69, 9.17) is 0 Å². The molecule has 11 heteroatoms. The maximum atomic E-state index is 14.3. The van der Waals surface area contributed by atoms with Gasteiger partial charge < -0.3 is 14.8 Å². The summed E-state index contributed by atoms with van der Waals surface area (Å²) in [4.78, 5) is 14.8. The fourth-order valence-electron chi connectivity index (χ4n) is 3.35. The van der Waals surface area contributed by atoms with E-state index in [1.807, 2.05) is 14.0 Å². The van der Waals surface area contributed by atoms with Crippen molar-refractivity contribution in [2.75, 3.05) is 38.5 Å². The summed E-state index contributed by atoms with van der Waals surface area (Å²) in [6.45, 7) is 4.18. The van der Waals surface area contributed by atoms with Crippen LogP contribution in [-0.2, 0) is 17.1 Å². The molecule has 1 aromatic carbocycles. The van der Waals surface area contributed by atoms with Gasteiger partial charge >= 0.3 is 0 Å². The first kappa shape index (κ1) is 21.3. The molecule has 1 aliphatic heterocycles. The van der Waals surface area contributed by atoms with Gasteiger partial charge in [0.05, 0.1) is 23.0 Å². The quantitative estimate of drug-likeness (QED) is 0.642. The van der Waals surface area contributed by atoms with Crippen molar-refractivity contribution in [2.24, 2.45) is 7.05 Å². The molecule has 0 amide bonds. The minimum absolute atomic E-state index is 0.134. The van der Waals surface area contributed by atoms with Gasteiger partial charge in [0.25, 0.3) is 0 Å². The summed E-state index contributed by atoms with van der Waals surface area (Å²) >= 11 is 0. The SMILES string of the molecule is Cc1ncc(-c2nc(Nc3ccc(S(=O)(=O)N4CCN(C)CC4)cc3)ncc2F)n1C. The van der Waals surface area contributed by atoms with Crippen LogP contribution >= 0.6 is 0 Å². The second kappa shape index (κ2) is 8.33. The number of aryl methyl sites for hydroxylation is 1. The van der Waals surface area contributed by atoms with Gasteiger partial charge in [-0.3, -0.25) is 0 Å². The number of benzene rings is 1. The van der Waals surface area contributed by atoms with Gasteiger partial charge in [0.1, 0.15) is 11.5 Å². The van der Waals surface area contributed by atoms with Crippen LogP contribution in [0.2, 0.25) is 0 Å². The van der Waals surface area contributed by atoms with Crippen LogP contribution in [0, 0.1) is 12.7 Å². The Labute approximate surface area is 180 Å². The molecule has 0 aliphatic carbocycles. The Morgan fingerprint density at radius 1 is 1.00 bits per heavy atom. The lowest BCUT2D eigenvalue weighted by Crippen LogP contribution is -2.46. The molecule has 0 unspecified atom stereocenters. The number of imidazole rings is 1. The predicted molar refractivity (Wildman–Crippen MR) is 115 cm³/mol. The van der Waals surface area contributed by atoms with Crippen LogP contribution < -0.4 is 5.32 Å². The van der Waals surface area contributed by atoms with Gasteiger partial charge in [-0.2, -0.15) is 4.31 Å². The summed E-state index contributed by atoms with van der Waals surface area (Å²) in [7, 11) is 0.221. The summed E-state index contributed by atoms with van der Waals surface area (Å²) in [6.07, 6.45) is 2.65. The molecular weight excluding hydrogens is 421 g/mol. The van der Waals surface area contributed by atoms with Crippen molar-refractivity contribution in [3.63, 3.8) is 0 Å². The average Bonchev–Trinajstić information content (AvgIpc) is 3.08. The molecule has 0 radical (unpaired) electrons. The highest BCUT2D eigenvalue weighted by molar-refractivity contribution is 7.89. The Bertz CT molecular complexity index is 1190. The van der Waals surface area contributed by atoms with Crippen molar-refractivity contribution in [1.82, 2.24) is 28.7 Å². The minimum Gasteiger partial charge on any atom is -0.330 e. The third kappa shape index (κ3) is 4.29.